The molecule has 21 heavy (non-hydrogen) atoms. The van der Waals surface area contributed by atoms with E-state index in [1.807, 2.05) is 6.07 Å². The molecular weight excluding hydrogens is 274 g/mol. The van der Waals surface area contributed by atoms with E-state index in [-0.39, 0.29) is 16.9 Å². The first-order valence-corrected chi connectivity index (χ1v) is 5.81. The fourth-order valence-corrected chi connectivity index (χ4v) is 1.76. The van der Waals surface area contributed by atoms with Gasteiger partial charge in [-0.1, -0.05) is 12.1 Å². The molecule has 0 bridgehead atoms. The Labute approximate surface area is 119 Å². The molecule has 7 heteroatoms. The number of benzene rings is 2. The zero-order chi connectivity index (χ0) is 15.4. The minimum atomic E-state index is -1.25. The molecule has 0 unspecified atom stereocenters. The summed E-state index contributed by atoms with van der Waals surface area (Å²) >= 11 is 0. The van der Waals surface area contributed by atoms with Crippen LogP contribution in [-0.4, -0.2) is 16.0 Å². The highest BCUT2D eigenvalue weighted by Crippen LogP contribution is 2.29. The lowest BCUT2D eigenvalue weighted by Crippen LogP contribution is -2.02. The second-order valence-corrected chi connectivity index (χ2v) is 4.08. The number of rotatable bonds is 4. The third-order valence-electron chi connectivity index (χ3n) is 2.76. The summed E-state index contributed by atoms with van der Waals surface area (Å²) in [5, 5.41) is 31.7. The van der Waals surface area contributed by atoms with Gasteiger partial charge in [-0.25, -0.2) is 4.79 Å². The van der Waals surface area contributed by atoms with Crippen molar-refractivity contribution in [3.63, 3.8) is 0 Å². The summed E-state index contributed by atoms with van der Waals surface area (Å²) in [6.45, 7) is 0. The number of nitro groups is 1. The number of nitriles is 1. The number of aromatic carboxylic acids is 1. The average Bonchev–Trinajstić information content (AvgIpc) is 2.47. The molecule has 0 heterocycles. The molecular formula is C14H9N3O4. The van der Waals surface area contributed by atoms with E-state index in [2.05, 4.69) is 5.32 Å². The lowest BCUT2D eigenvalue weighted by Gasteiger charge is -2.09. The van der Waals surface area contributed by atoms with Crippen molar-refractivity contribution >= 4 is 23.0 Å². The predicted molar refractivity (Wildman–Crippen MR) is 74.5 cm³/mol. The quantitative estimate of drug-likeness (QED) is 0.658. The number of anilines is 2. The van der Waals surface area contributed by atoms with Gasteiger partial charge in [0.2, 0.25) is 0 Å². The molecule has 0 saturated heterocycles. The van der Waals surface area contributed by atoms with Gasteiger partial charge in [0.05, 0.1) is 21.7 Å². The van der Waals surface area contributed by atoms with Crippen molar-refractivity contribution in [1.29, 1.82) is 5.26 Å². The van der Waals surface area contributed by atoms with E-state index < -0.39 is 10.9 Å². The van der Waals surface area contributed by atoms with E-state index in [1.54, 1.807) is 24.3 Å². The summed E-state index contributed by atoms with van der Waals surface area (Å²) in [7, 11) is 0. The Kier molecular flexibility index (Phi) is 3.81. The molecule has 0 aliphatic heterocycles. The molecule has 0 atom stereocenters. The molecule has 0 amide bonds. The molecule has 7 nitrogen and oxygen atoms in total. The van der Waals surface area contributed by atoms with E-state index in [0.29, 0.717) is 11.3 Å². The van der Waals surface area contributed by atoms with Crippen molar-refractivity contribution in [2.45, 2.75) is 0 Å². The molecule has 0 fully saturated rings. The van der Waals surface area contributed by atoms with Gasteiger partial charge < -0.3 is 10.4 Å². The topological polar surface area (TPSA) is 116 Å². The monoisotopic (exact) mass is 283 g/mol. The van der Waals surface area contributed by atoms with Crippen molar-refractivity contribution in [3.05, 3.63) is 63.7 Å². The molecule has 0 radical (unpaired) electrons. The number of para-hydroxylation sites is 1. The van der Waals surface area contributed by atoms with Crippen LogP contribution in [0.15, 0.2) is 42.5 Å². The Morgan fingerprint density at radius 3 is 2.57 bits per heavy atom. The van der Waals surface area contributed by atoms with Crippen molar-refractivity contribution < 1.29 is 14.8 Å². The number of nitro benzene ring substituents is 1. The molecule has 0 saturated carbocycles. The highest BCUT2D eigenvalue weighted by Gasteiger charge is 2.18. The van der Waals surface area contributed by atoms with Crippen molar-refractivity contribution in [2.24, 2.45) is 0 Å². The summed E-state index contributed by atoms with van der Waals surface area (Å²) in [5.41, 5.74) is 0.302. The number of carboxylic acids is 1. The summed E-state index contributed by atoms with van der Waals surface area (Å²) in [6, 6.07) is 12.0. The van der Waals surface area contributed by atoms with Gasteiger partial charge in [-0.05, 0) is 24.3 Å². The molecule has 2 aromatic rings. The lowest BCUT2D eigenvalue weighted by molar-refractivity contribution is -0.383. The SMILES string of the molecule is N#Cc1ccccc1Nc1ccc(C(=O)O)cc1[N+](=O)[O-]. The average molecular weight is 283 g/mol. The third kappa shape index (κ3) is 2.96. The zero-order valence-electron chi connectivity index (χ0n) is 10.6. The Balaban J connectivity index is 2.47. The molecule has 0 aliphatic carbocycles. The smallest absolute Gasteiger partial charge is 0.335 e. The van der Waals surface area contributed by atoms with Crippen LogP contribution < -0.4 is 5.32 Å². The van der Waals surface area contributed by atoms with Gasteiger partial charge in [0, 0.05) is 6.07 Å². The van der Waals surface area contributed by atoms with Crippen molar-refractivity contribution in [1.82, 2.24) is 0 Å². The third-order valence-corrected chi connectivity index (χ3v) is 2.76. The van der Waals surface area contributed by atoms with Gasteiger partial charge in [-0.3, -0.25) is 10.1 Å². The second kappa shape index (κ2) is 5.71. The van der Waals surface area contributed by atoms with Gasteiger partial charge in [0.1, 0.15) is 11.8 Å². The largest absolute Gasteiger partial charge is 0.478 e. The molecule has 0 aromatic heterocycles. The van der Waals surface area contributed by atoms with Crippen LogP contribution in [0.25, 0.3) is 0 Å². The van der Waals surface area contributed by atoms with Crippen LogP contribution in [0.2, 0.25) is 0 Å². The zero-order valence-corrected chi connectivity index (χ0v) is 10.6. The fraction of sp³-hybridized carbons (Fsp3) is 0. The molecule has 2 aromatic carbocycles. The highest BCUT2D eigenvalue weighted by molar-refractivity contribution is 5.90. The second-order valence-electron chi connectivity index (χ2n) is 4.08. The summed E-state index contributed by atoms with van der Waals surface area (Å²) in [6.07, 6.45) is 0. The van der Waals surface area contributed by atoms with Crippen LogP contribution >= 0.6 is 0 Å². The van der Waals surface area contributed by atoms with Gasteiger partial charge in [0.25, 0.3) is 5.69 Å². The van der Waals surface area contributed by atoms with Crippen molar-refractivity contribution in [3.8, 4) is 6.07 Å². The van der Waals surface area contributed by atoms with Crippen LogP contribution in [0.3, 0.4) is 0 Å². The molecule has 2 N–H and O–H groups in total. The first-order chi connectivity index (χ1) is 10.0. The lowest BCUT2D eigenvalue weighted by atomic mass is 10.1. The van der Waals surface area contributed by atoms with Crippen molar-refractivity contribution in [2.75, 3.05) is 5.32 Å². The van der Waals surface area contributed by atoms with E-state index in [9.17, 15) is 14.9 Å². The number of hydrogen-bond acceptors (Lipinski definition) is 5. The molecule has 104 valence electrons. The maximum atomic E-state index is 11.0. The molecule has 0 aliphatic rings. The number of carboxylic acid groups (broad SMARTS) is 1. The Morgan fingerprint density at radius 2 is 1.95 bits per heavy atom. The Bertz CT molecular complexity index is 765. The van der Waals surface area contributed by atoms with Gasteiger partial charge in [-0.15, -0.1) is 0 Å². The van der Waals surface area contributed by atoms with Crippen LogP contribution in [0.1, 0.15) is 15.9 Å². The first-order valence-electron chi connectivity index (χ1n) is 5.81. The number of nitrogens with zero attached hydrogens (tertiary/aromatic N) is 2. The van der Waals surface area contributed by atoms with E-state index in [1.165, 1.54) is 12.1 Å². The van der Waals surface area contributed by atoms with E-state index in [4.69, 9.17) is 10.4 Å². The standard InChI is InChI=1S/C14H9N3O4/c15-8-10-3-1-2-4-11(10)16-12-6-5-9(14(18)19)7-13(12)17(20)21/h1-7,16H,(H,18,19). The predicted octanol–water partition coefficient (Wildman–Crippen LogP) is 2.91. The maximum Gasteiger partial charge on any atom is 0.335 e. The maximum absolute atomic E-state index is 11.0. The Hall–Kier alpha value is -3.40. The fourth-order valence-electron chi connectivity index (χ4n) is 1.76. The number of hydrogen-bond donors (Lipinski definition) is 2. The highest BCUT2D eigenvalue weighted by atomic mass is 16.6. The normalized spacial score (nSPS) is 9.67. The molecule has 2 rings (SSSR count). The van der Waals surface area contributed by atoms with Crippen LogP contribution in [0.5, 0.6) is 0 Å². The van der Waals surface area contributed by atoms with E-state index >= 15 is 0 Å². The van der Waals surface area contributed by atoms with Crippen LogP contribution in [0, 0.1) is 21.4 Å². The number of nitrogens with one attached hydrogen (secondary N) is 1. The summed E-state index contributed by atoms with van der Waals surface area (Å²) < 4.78 is 0. The minimum absolute atomic E-state index is 0.118. The van der Waals surface area contributed by atoms with Crippen LogP contribution in [0.4, 0.5) is 17.1 Å². The van der Waals surface area contributed by atoms with Gasteiger partial charge >= 0.3 is 5.97 Å². The van der Waals surface area contributed by atoms with Gasteiger partial charge in [-0.2, -0.15) is 5.26 Å². The van der Waals surface area contributed by atoms with Crippen LogP contribution in [-0.2, 0) is 0 Å². The number of carbonyl (C=O) groups is 1. The van der Waals surface area contributed by atoms with E-state index in [0.717, 1.165) is 6.07 Å². The summed E-state index contributed by atoms with van der Waals surface area (Å²) in [5.74, 6) is -1.25. The summed E-state index contributed by atoms with van der Waals surface area (Å²) in [4.78, 5) is 21.2. The van der Waals surface area contributed by atoms with Gasteiger partial charge in [0.15, 0.2) is 0 Å². The minimum Gasteiger partial charge on any atom is -0.478 e. The first kappa shape index (κ1) is 14.0. The Morgan fingerprint density at radius 1 is 1.24 bits per heavy atom. The molecule has 0 spiro atoms.